The molecule has 2 aromatic carbocycles. The smallest absolute Gasteiger partial charge is 0.310 e. The zero-order valence-corrected chi connectivity index (χ0v) is 17.4. The topological polar surface area (TPSA) is 103 Å². The summed E-state index contributed by atoms with van der Waals surface area (Å²) >= 11 is 0. The maximum Gasteiger partial charge on any atom is 0.310 e. The number of fused-ring (bicyclic) bond motifs is 1. The van der Waals surface area contributed by atoms with Crippen molar-refractivity contribution in [2.24, 2.45) is 0 Å². The third-order valence-electron chi connectivity index (χ3n) is 4.98. The lowest BCUT2D eigenvalue weighted by molar-refractivity contribution is -0.147. The number of aromatic nitrogens is 2. The van der Waals surface area contributed by atoms with E-state index >= 15 is 0 Å². The molecule has 2 amide bonds. The molecule has 0 aliphatic carbocycles. The molecule has 0 radical (unpaired) electrons. The number of hydrogen-bond acceptors (Lipinski definition) is 6. The summed E-state index contributed by atoms with van der Waals surface area (Å²) in [6.07, 6.45) is 2.46. The largest absolute Gasteiger partial charge is 0.477 e. The quantitative estimate of drug-likeness (QED) is 0.590. The number of rotatable bonds is 6. The highest BCUT2D eigenvalue weighted by Crippen LogP contribution is 2.33. The third-order valence-corrected chi connectivity index (χ3v) is 4.98. The number of hydrogen-bond donors (Lipinski definition) is 1. The molecule has 1 unspecified atom stereocenters. The maximum atomic E-state index is 12.8. The highest BCUT2D eigenvalue weighted by Gasteiger charge is 2.33. The Morgan fingerprint density at radius 3 is 2.66 bits per heavy atom. The number of para-hydroxylation sites is 3. The first-order chi connectivity index (χ1) is 15.5. The number of esters is 1. The minimum atomic E-state index is -0.849. The molecule has 32 heavy (non-hydrogen) atoms. The van der Waals surface area contributed by atoms with Crippen LogP contribution in [0.4, 0.5) is 5.69 Å². The zero-order chi connectivity index (χ0) is 22.5. The van der Waals surface area contributed by atoms with Crippen LogP contribution in [0.1, 0.15) is 5.56 Å². The van der Waals surface area contributed by atoms with Gasteiger partial charge in [-0.2, -0.15) is 5.10 Å². The highest BCUT2D eigenvalue weighted by molar-refractivity contribution is 5.98. The van der Waals surface area contributed by atoms with Gasteiger partial charge in [0.15, 0.2) is 12.7 Å². The van der Waals surface area contributed by atoms with Crippen molar-refractivity contribution in [1.29, 1.82) is 0 Å². The van der Waals surface area contributed by atoms with Crippen LogP contribution in [0.25, 0.3) is 5.69 Å². The lowest BCUT2D eigenvalue weighted by Gasteiger charge is -2.33. The van der Waals surface area contributed by atoms with Crippen molar-refractivity contribution in [3.05, 3.63) is 72.6 Å². The van der Waals surface area contributed by atoms with E-state index in [1.807, 2.05) is 30.3 Å². The minimum Gasteiger partial charge on any atom is -0.477 e. The van der Waals surface area contributed by atoms with E-state index in [-0.39, 0.29) is 18.9 Å². The van der Waals surface area contributed by atoms with Crippen LogP contribution in [0.2, 0.25) is 0 Å². The molecule has 164 valence electrons. The molecule has 1 aliphatic heterocycles. The first-order valence-corrected chi connectivity index (χ1v) is 10.1. The second-order valence-corrected chi connectivity index (χ2v) is 7.16. The SMILES string of the molecule is CNC(=O)C1CN(C(=O)COC(=O)Cc2cnn(-c3ccccc3)c2)c2ccccc2O1. The van der Waals surface area contributed by atoms with Gasteiger partial charge in [-0.3, -0.25) is 14.4 Å². The first kappa shape index (κ1) is 21.1. The Kier molecular flexibility index (Phi) is 6.16. The Labute approximate surface area is 184 Å². The summed E-state index contributed by atoms with van der Waals surface area (Å²) in [5, 5.41) is 6.77. The average Bonchev–Trinajstić information content (AvgIpc) is 3.30. The van der Waals surface area contributed by atoms with Crippen LogP contribution >= 0.6 is 0 Å². The second kappa shape index (κ2) is 9.34. The van der Waals surface area contributed by atoms with Gasteiger partial charge >= 0.3 is 5.97 Å². The van der Waals surface area contributed by atoms with Crippen LogP contribution < -0.4 is 15.0 Å². The number of nitrogens with one attached hydrogen (secondary N) is 1. The molecule has 1 N–H and O–H groups in total. The Hall–Kier alpha value is -4.14. The summed E-state index contributed by atoms with van der Waals surface area (Å²) in [4.78, 5) is 38.6. The van der Waals surface area contributed by atoms with Crippen LogP contribution in [0.15, 0.2) is 67.0 Å². The lowest BCUT2D eigenvalue weighted by Crippen LogP contribution is -2.51. The maximum absolute atomic E-state index is 12.8. The molecule has 0 bridgehead atoms. The average molecular weight is 434 g/mol. The van der Waals surface area contributed by atoms with E-state index in [0.29, 0.717) is 17.0 Å². The van der Waals surface area contributed by atoms with Gasteiger partial charge in [-0.05, 0) is 24.3 Å². The molecular formula is C23H22N4O5. The van der Waals surface area contributed by atoms with Crippen molar-refractivity contribution in [2.75, 3.05) is 25.1 Å². The fraction of sp³-hybridized carbons (Fsp3) is 0.217. The molecule has 9 heteroatoms. The van der Waals surface area contributed by atoms with Crippen molar-refractivity contribution >= 4 is 23.5 Å². The minimum absolute atomic E-state index is 0.0132. The fourth-order valence-corrected chi connectivity index (χ4v) is 3.38. The summed E-state index contributed by atoms with van der Waals surface area (Å²) in [7, 11) is 1.50. The van der Waals surface area contributed by atoms with E-state index in [2.05, 4.69) is 10.4 Å². The predicted octanol–water partition coefficient (Wildman–Crippen LogP) is 1.50. The van der Waals surface area contributed by atoms with E-state index < -0.39 is 24.6 Å². The van der Waals surface area contributed by atoms with E-state index in [4.69, 9.17) is 9.47 Å². The van der Waals surface area contributed by atoms with Crippen molar-refractivity contribution in [1.82, 2.24) is 15.1 Å². The van der Waals surface area contributed by atoms with E-state index in [0.717, 1.165) is 5.69 Å². The Balaban J connectivity index is 1.37. The molecule has 1 aromatic heterocycles. The molecule has 0 saturated heterocycles. The predicted molar refractivity (Wildman–Crippen MR) is 116 cm³/mol. The lowest BCUT2D eigenvalue weighted by atomic mass is 10.1. The van der Waals surface area contributed by atoms with Crippen molar-refractivity contribution in [3.63, 3.8) is 0 Å². The third kappa shape index (κ3) is 4.61. The van der Waals surface area contributed by atoms with Gasteiger partial charge < -0.3 is 19.7 Å². The molecule has 4 rings (SSSR count). The van der Waals surface area contributed by atoms with E-state index in [9.17, 15) is 14.4 Å². The highest BCUT2D eigenvalue weighted by atomic mass is 16.5. The number of carbonyl (C=O) groups excluding carboxylic acids is 3. The molecule has 3 aromatic rings. The summed E-state index contributed by atoms with van der Waals surface area (Å²) in [5.41, 5.74) is 2.07. The first-order valence-electron chi connectivity index (χ1n) is 10.1. The molecule has 2 heterocycles. The van der Waals surface area contributed by atoms with Gasteiger partial charge in [0.25, 0.3) is 11.8 Å². The monoisotopic (exact) mass is 434 g/mol. The summed E-state index contributed by atoms with van der Waals surface area (Å²) in [5.74, 6) is -0.914. The number of benzene rings is 2. The van der Waals surface area contributed by atoms with Crippen LogP contribution in [-0.2, 0) is 25.5 Å². The van der Waals surface area contributed by atoms with Gasteiger partial charge in [-0.15, -0.1) is 0 Å². The number of nitrogens with zero attached hydrogens (tertiary/aromatic N) is 3. The summed E-state index contributed by atoms with van der Waals surface area (Å²) in [6, 6.07) is 16.4. The molecule has 9 nitrogen and oxygen atoms in total. The van der Waals surface area contributed by atoms with Crippen LogP contribution in [0.3, 0.4) is 0 Å². The normalized spacial score (nSPS) is 14.8. The van der Waals surface area contributed by atoms with Gasteiger partial charge in [-0.1, -0.05) is 30.3 Å². The molecule has 1 aliphatic rings. The fourth-order valence-electron chi connectivity index (χ4n) is 3.38. The Morgan fingerprint density at radius 1 is 1.12 bits per heavy atom. The molecule has 0 spiro atoms. The van der Waals surface area contributed by atoms with E-state index in [1.165, 1.54) is 11.9 Å². The van der Waals surface area contributed by atoms with Crippen molar-refractivity contribution in [2.45, 2.75) is 12.5 Å². The van der Waals surface area contributed by atoms with Gasteiger partial charge in [0, 0.05) is 18.8 Å². The van der Waals surface area contributed by atoms with Crippen LogP contribution in [0.5, 0.6) is 5.75 Å². The van der Waals surface area contributed by atoms with Crippen LogP contribution in [-0.4, -0.2) is 53.9 Å². The van der Waals surface area contributed by atoms with Crippen molar-refractivity contribution < 1.29 is 23.9 Å². The zero-order valence-electron chi connectivity index (χ0n) is 17.4. The number of likely N-dealkylation sites (N-methyl/N-ethyl adjacent to an activating group) is 1. The summed E-state index contributed by atoms with van der Waals surface area (Å²) < 4.78 is 12.6. The number of ether oxygens (including phenoxy) is 2. The van der Waals surface area contributed by atoms with Gasteiger partial charge in [0.1, 0.15) is 5.75 Å². The standard InChI is InChI=1S/C23H22N4O5/c1-24-23(30)20-14-26(18-9-5-6-10-19(18)32-20)21(28)15-31-22(29)11-16-12-25-27(13-16)17-7-3-2-4-8-17/h2-10,12-13,20H,11,14-15H2,1H3,(H,24,30). The van der Waals surface area contributed by atoms with Crippen LogP contribution in [0, 0.1) is 0 Å². The molecule has 0 saturated carbocycles. The van der Waals surface area contributed by atoms with Gasteiger partial charge in [0.2, 0.25) is 0 Å². The number of amides is 2. The van der Waals surface area contributed by atoms with Gasteiger partial charge in [0.05, 0.1) is 30.5 Å². The summed E-state index contributed by atoms with van der Waals surface area (Å²) in [6.45, 7) is -0.419. The molecule has 0 fully saturated rings. The molecular weight excluding hydrogens is 412 g/mol. The Morgan fingerprint density at radius 2 is 1.88 bits per heavy atom. The van der Waals surface area contributed by atoms with E-state index in [1.54, 1.807) is 41.3 Å². The number of anilines is 1. The van der Waals surface area contributed by atoms with Crippen molar-refractivity contribution in [3.8, 4) is 11.4 Å². The second-order valence-electron chi connectivity index (χ2n) is 7.16. The molecule has 1 atom stereocenters. The Bertz CT molecular complexity index is 1130. The number of carbonyl (C=O) groups is 3. The van der Waals surface area contributed by atoms with Gasteiger partial charge in [-0.25, -0.2) is 4.68 Å².